The van der Waals surface area contributed by atoms with E-state index in [0.29, 0.717) is 27.6 Å². The van der Waals surface area contributed by atoms with Crippen LogP contribution in [0.3, 0.4) is 0 Å². The zero-order chi connectivity index (χ0) is 14.7. The number of hydrogen-bond acceptors (Lipinski definition) is 4. The molecule has 20 heavy (non-hydrogen) atoms. The molecule has 0 aromatic heterocycles. The molecule has 0 spiro atoms. The van der Waals surface area contributed by atoms with Crippen LogP contribution in [0.2, 0.25) is 5.02 Å². The van der Waals surface area contributed by atoms with Gasteiger partial charge in [-0.1, -0.05) is 27.5 Å². The number of esters is 1. The Morgan fingerprint density at radius 3 is 2.65 bits per heavy atom. The van der Waals surface area contributed by atoms with E-state index in [0.717, 1.165) is 4.47 Å². The molecule has 0 atom stereocenters. The summed E-state index contributed by atoms with van der Waals surface area (Å²) in [5, 5.41) is 3.65. The first-order chi connectivity index (χ1) is 9.51. The average molecular weight is 356 g/mol. The van der Waals surface area contributed by atoms with E-state index in [1.54, 1.807) is 24.3 Å². The molecule has 6 heteroatoms. The van der Waals surface area contributed by atoms with Crippen LogP contribution >= 0.6 is 27.5 Å². The number of methoxy groups -OCH3 is 1. The van der Waals surface area contributed by atoms with Crippen LogP contribution in [0, 0.1) is 0 Å². The summed E-state index contributed by atoms with van der Waals surface area (Å²) in [7, 11) is 1.33. The number of anilines is 3. The molecule has 0 unspecified atom stereocenters. The minimum absolute atomic E-state index is 0.414. The lowest BCUT2D eigenvalue weighted by Crippen LogP contribution is -2.04. The van der Waals surface area contributed by atoms with E-state index >= 15 is 0 Å². The molecule has 0 aliphatic rings. The van der Waals surface area contributed by atoms with E-state index in [2.05, 4.69) is 26.0 Å². The highest BCUT2D eigenvalue weighted by Gasteiger charge is 2.10. The Labute approximate surface area is 130 Å². The predicted octanol–water partition coefficient (Wildman–Crippen LogP) is 4.21. The second-order valence-corrected chi connectivity index (χ2v) is 5.37. The van der Waals surface area contributed by atoms with Gasteiger partial charge in [0.15, 0.2) is 0 Å². The fourth-order valence-corrected chi connectivity index (χ4v) is 2.37. The smallest absolute Gasteiger partial charge is 0.337 e. The summed E-state index contributed by atoms with van der Waals surface area (Å²) in [4.78, 5) is 11.5. The molecule has 104 valence electrons. The van der Waals surface area contributed by atoms with Gasteiger partial charge in [0.1, 0.15) is 0 Å². The number of benzene rings is 2. The van der Waals surface area contributed by atoms with Crippen LogP contribution in [-0.2, 0) is 4.74 Å². The van der Waals surface area contributed by atoms with Crippen molar-refractivity contribution in [3.8, 4) is 0 Å². The zero-order valence-corrected chi connectivity index (χ0v) is 13.0. The molecule has 0 radical (unpaired) electrons. The third-order valence-electron chi connectivity index (χ3n) is 2.67. The summed E-state index contributed by atoms with van der Waals surface area (Å²) in [6, 6.07) is 10.3. The van der Waals surface area contributed by atoms with E-state index in [-0.39, 0.29) is 0 Å². The maximum absolute atomic E-state index is 11.5. The molecular formula is C14H12BrClN2O2. The Morgan fingerprint density at radius 2 is 2.00 bits per heavy atom. The molecule has 4 nitrogen and oxygen atoms in total. The number of rotatable bonds is 3. The highest BCUT2D eigenvalue weighted by Crippen LogP contribution is 2.31. The van der Waals surface area contributed by atoms with Gasteiger partial charge in [-0.25, -0.2) is 4.79 Å². The van der Waals surface area contributed by atoms with Crippen molar-refractivity contribution in [2.45, 2.75) is 0 Å². The van der Waals surface area contributed by atoms with Gasteiger partial charge in [-0.2, -0.15) is 0 Å². The molecule has 0 heterocycles. The number of nitrogens with two attached hydrogens (primary N) is 1. The van der Waals surface area contributed by atoms with Crippen molar-refractivity contribution >= 4 is 50.6 Å². The van der Waals surface area contributed by atoms with Gasteiger partial charge in [-0.3, -0.25) is 0 Å². The Balaban J connectivity index is 2.35. The van der Waals surface area contributed by atoms with Crippen LogP contribution in [0.5, 0.6) is 0 Å². The van der Waals surface area contributed by atoms with E-state index in [1.165, 1.54) is 7.11 Å². The molecule has 0 aliphatic carbocycles. The summed E-state index contributed by atoms with van der Waals surface area (Å²) in [6.07, 6.45) is 0. The molecule has 3 N–H and O–H groups in total. The van der Waals surface area contributed by atoms with Crippen molar-refractivity contribution < 1.29 is 9.53 Å². The lowest BCUT2D eigenvalue weighted by atomic mass is 10.1. The summed E-state index contributed by atoms with van der Waals surface area (Å²) < 4.78 is 5.56. The fraction of sp³-hybridized carbons (Fsp3) is 0.0714. The van der Waals surface area contributed by atoms with Crippen molar-refractivity contribution in [3.05, 3.63) is 51.5 Å². The number of nitrogen functional groups attached to an aromatic ring is 1. The lowest BCUT2D eigenvalue weighted by Gasteiger charge is -2.12. The van der Waals surface area contributed by atoms with E-state index in [1.807, 2.05) is 12.1 Å². The first-order valence-corrected chi connectivity index (χ1v) is 6.88. The first kappa shape index (κ1) is 14.7. The van der Waals surface area contributed by atoms with Crippen LogP contribution in [0.4, 0.5) is 17.1 Å². The second kappa shape index (κ2) is 6.15. The topological polar surface area (TPSA) is 64.3 Å². The van der Waals surface area contributed by atoms with Gasteiger partial charge < -0.3 is 15.8 Å². The van der Waals surface area contributed by atoms with Gasteiger partial charge in [0.25, 0.3) is 0 Å². The van der Waals surface area contributed by atoms with Gasteiger partial charge >= 0.3 is 5.97 Å². The molecule has 0 aliphatic heterocycles. The molecule has 2 rings (SSSR count). The van der Waals surface area contributed by atoms with Gasteiger partial charge in [0.2, 0.25) is 0 Å². The average Bonchev–Trinajstić information content (AvgIpc) is 2.43. The van der Waals surface area contributed by atoms with E-state index < -0.39 is 5.97 Å². The lowest BCUT2D eigenvalue weighted by molar-refractivity contribution is 0.0601. The number of carbonyl (C=O) groups excluding carboxylic acids is 1. The first-order valence-electron chi connectivity index (χ1n) is 5.71. The maximum atomic E-state index is 11.5. The quantitative estimate of drug-likeness (QED) is 0.639. The monoisotopic (exact) mass is 354 g/mol. The minimum Gasteiger partial charge on any atom is -0.465 e. The fourth-order valence-electron chi connectivity index (χ4n) is 1.65. The van der Waals surface area contributed by atoms with Crippen molar-refractivity contribution in [1.82, 2.24) is 0 Å². The molecule has 0 amide bonds. The number of ether oxygens (including phenoxy) is 1. The normalized spacial score (nSPS) is 10.2. The molecule has 2 aromatic rings. The Bertz CT molecular complexity index is 662. The van der Waals surface area contributed by atoms with Crippen molar-refractivity contribution in [1.29, 1.82) is 0 Å². The number of carbonyl (C=O) groups is 1. The standard InChI is InChI=1S/C14H12BrClN2O2/c1-20-14(19)8-2-4-11(17)13(6-8)18-12-5-3-9(15)7-10(12)16/h2-7,18H,17H2,1H3. The molecule has 0 saturated carbocycles. The second-order valence-electron chi connectivity index (χ2n) is 4.04. The highest BCUT2D eigenvalue weighted by molar-refractivity contribution is 9.10. The van der Waals surface area contributed by atoms with Crippen LogP contribution in [0.1, 0.15) is 10.4 Å². The Morgan fingerprint density at radius 1 is 1.25 bits per heavy atom. The van der Waals surface area contributed by atoms with E-state index in [4.69, 9.17) is 17.3 Å². The maximum Gasteiger partial charge on any atom is 0.337 e. The molecule has 2 aromatic carbocycles. The largest absolute Gasteiger partial charge is 0.465 e. The van der Waals surface area contributed by atoms with Gasteiger partial charge in [0.05, 0.1) is 34.8 Å². The van der Waals surface area contributed by atoms with Gasteiger partial charge in [0, 0.05) is 4.47 Å². The summed E-state index contributed by atoms with van der Waals surface area (Å²) in [5.74, 6) is -0.421. The van der Waals surface area contributed by atoms with Crippen LogP contribution in [-0.4, -0.2) is 13.1 Å². The highest BCUT2D eigenvalue weighted by atomic mass is 79.9. The van der Waals surface area contributed by atoms with Gasteiger partial charge in [-0.15, -0.1) is 0 Å². The number of nitrogens with one attached hydrogen (secondary N) is 1. The van der Waals surface area contributed by atoms with Crippen molar-refractivity contribution in [3.63, 3.8) is 0 Å². The Kier molecular flexibility index (Phi) is 4.52. The van der Waals surface area contributed by atoms with E-state index in [9.17, 15) is 4.79 Å². The minimum atomic E-state index is -0.421. The summed E-state index contributed by atoms with van der Waals surface area (Å²) >= 11 is 9.47. The van der Waals surface area contributed by atoms with Gasteiger partial charge in [-0.05, 0) is 36.4 Å². The summed E-state index contributed by atoms with van der Waals surface area (Å²) in [5.41, 5.74) is 8.11. The molecule has 0 bridgehead atoms. The third kappa shape index (κ3) is 3.23. The SMILES string of the molecule is COC(=O)c1ccc(N)c(Nc2ccc(Br)cc2Cl)c1. The molecule has 0 fully saturated rings. The molecule has 0 saturated heterocycles. The van der Waals surface area contributed by atoms with Crippen LogP contribution in [0.15, 0.2) is 40.9 Å². The van der Waals surface area contributed by atoms with Crippen LogP contribution < -0.4 is 11.1 Å². The zero-order valence-electron chi connectivity index (χ0n) is 10.6. The summed E-state index contributed by atoms with van der Waals surface area (Å²) in [6.45, 7) is 0. The molecular weight excluding hydrogens is 344 g/mol. The van der Waals surface area contributed by atoms with Crippen molar-refractivity contribution in [2.75, 3.05) is 18.2 Å². The third-order valence-corrected chi connectivity index (χ3v) is 3.48. The number of halogens is 2. The Hall–Kier alpha value is -1.72. The van der Waals surface area contributed by atoms with Crippen molar-refractivity contribution in [2.24, 2.45) is 0 Å². The van der Waals surface area contributed by atoms with Crippen LogP contribution in [0.25, 0.3) is 0 Å². The predicted molar refractivity (Wildman–Crippen MR) is 84.6 cm³/mol. The number of hydrogen-bond donors (Lipinski definition) is 2.